The third kappa shape index (κ3) is 4.72. The Labute approximate surface area is 95.7 Å². The third-order valence-corrected chi connectivity index (χ3v) is 1.74. The summed E-state index contributed by atoms with van der Waals surface area (Å²) < 4.78 is 0. The standard InChI is InChI=1S/C11H18N4O/c1-8-5-9(15-13-6-8)12-7-10(16)14-11(2,3)4/h5-6H,7H2,1-4H3,(H,12,15)(H,14,16). The van der Waals surface area contributed by atoms with E-state index in [0.717, 1.165) is 5.56 Å². The molecule has 1 heterocycles. The number of amides is 1. The molecule has 1 aromatic heterocycles. The molecule has 0 aromatic carbocycles. The normalized spacial score (nSPS) is 11.0. The Morgan fingerprint density at radius 3 is 2.69 bits per heavy atom. The Hall–Kier alpha value is -1.65. The first kappa shape index (κ1) is 12.4. The van der Waals surface area contributed by atoms with Crippen molar-refractivity contribution >= 4 is 11.7 Å². The number of rotatable bonds is 3. The summed E-state index contributed by atoms with van der Waals surface area (Å²) in [6.45, 7) is 7.95. The van der Waals surface area contributed by atoms with Crippen molar-refractivity contribution in [3.63, 3.8) is 0 Å². The largest absolute Gasteiger partial charge is 0.360 e. The van der Waals surface area contributed by atoms with E-state index < -0.39 is 0 Å². The average molecular weight is 222 g/mol. The number of hydrogen-bond donors (Lipinski definition) is 2. The minimum Gasteiger partial charge on any atom is -0.360 e. The number of aromatic nitrogens is 2. The van der Waals surface area contributed by atoms with E-state index in [2.05, 4.69) is 20.8 Å². The highest BCUT2D eigenvalue weighted by Gasteiger charge is 2.13. The lowest BCUT2D eigenvalue weighted by Gasteiger charge is -2.20. The zero-order chi connectivity index (χ0) is 12.2. The second-order valence-corrected chi connectivity index (χ2v) is 4.77. The van der Waals surface area contributed by atoms with Gasteiger partial charge in [-0.2, -0.15) is 5.10 Å². The topological polar surface area (TPSA) is 66.9 Å². The van der Waals surface area contributed by atoms with Crippen LogP contribution in [0.4, 0.5) is 5.82 Å². The molecule has 2 N–H and O–H groups in total. The van der Waals surface area contributed by atoms with Crippen molar-refractivity contribution in [2.24, 2.45) is 0 Å². The van der Waals surface area contributed by atoms with Crippen molar-refractivity contribution in [2.45, 2.75) is 33.2 Å². The summed E-state index contributed by atoms with van der Waals surface area (Å²) in [5, 5.41) is 13.4. The molecule has 0 fully saturated rings. The van der Waals surface area contributed by atoms with E-state index in [1.54, 1.807) is 6.20 Å². The van der Waals surface area contributed by atoms with Gasteiger partial charge in [0.15, 0.2) is 0 Å². The molecule has 0 saturated carbocycles. The third-order valence-electron chi connectivity index (χ3n) is 1.74. The van der Waals surface area contributed by atoms with Crippen molar-refractivity contribution in [1.29, 1.82) is 0 Å². The Morgan fingerprint density at radius 1 is 1.44 bits per heavy atom. The van der Waals surface area contributed by atoms with Gasteiger partial charge in [-0.3, -0.25) is 4.79 Å². The maximum Gasteiger partial charge on any atom is 0.239 e. The minimum absolute atomic E-state index is 0.0594. The molecule has 0 spiro atoms. The lowest BCUT2D eigenvalue weighted by atomic mass is 10.1. The molecule has 1 amide bonds. The number of nitrogens with zero attached hydrogens (tertiary/aromatic N) is 2. The highest BCUT2D eigenvalue weighted by atomic mass is 16.2. The zero-order valence-electron chi connectivity index (χ0n) is 10.2. The van der Waals surface area contributed by atoms with Crippen LogP contribution in [0.25, 0.3) is 0 Å². The van der Waals surface area contributed by atoms with Gasteiger partial charge in [-0.25, -0.2) is 0 Å². The Bertz CT molecular complexity index is 370. The summed E-state index contributed by atoms with van der Waals surface area (Å²) in [6, 6.07) is 1.84. The second-order valence-electron chi connectivity index (χ2n) is 4.77. The van der Waals surface area contributed by atoms with Crippen LogP contribution < -0.4 is 10.6 Å². The van der Waals surface area contributed by atoms with Crippen LogP contribution in [0, 0.1) is 6.92 Å². The van der Waals surface area contributed by atoms with Gasteiger partial charge in [-0.05, 0) is 39.3 Å². The van der Waals surface area contributed by atoms with E-state index in [1.807, 2.05) is 33.8 Å². The van der Waals surface area contributed by atoms with E-state index >= 15 is 0 Å². The molecule has 16 heavy (non-hydrogen) atoms. The molecule has 0 bridgehead atoms. The summed E-state index contributed by atoms with van der Waals surface area (Å²) in [4.78, 5) is 11.5. The SMILES string of the molecule is Cc1cnnc(NCC(=O)NC(C)(C)C)c1. The fourth-order valence-corrected chi connectivity index (χ4v) is 1.18. The van der Waals surface area contributed by atoms with Gasteiger partial charge in [-0.1, -0.05) is 0 Å². The summed E-state index contributed by atoms with van der Waals surface area (Å²) >= 11 is 0. The molecule has 0 unspecified atom stereocenters. The van der Waals surface area contributed by atoms with Crippen LogP contribution in [0.1, 0.15) is 26.3 Å². The average Bonchev–Trinajstić information content (AvgIpc) is 2.12. The molecule has 0 aliphatic rings. The van der Waals surface area contributed by atoms with E-state index in [0.29, 0.717) is 5.82 Å². The number of anilines is 1. The van der Waals surface area contributed by atoms with Gasteiger partial charge in [0, 0.05) is 5.54 Å². The highest BCUT2D eigenvalue weighted by Crippen LogP contribution is 2.03. The predicted octanol–water partition coefficient (Wildman–Crippen LogP) is 1.11. The van der Waals surface area contributed by atoms with Crippen LogP contribution in [-0.4, -0.2) is 28.2 Å². The fourth-order valence-electron chi connectivity index (χ4n) is 1.18. The van der Waals surface area contributed by atoms with E-state index in [4.69, 9.17) is 0 Å². The van der Waals surface area contributed by atoms with Crippen molar-refractivity contribution in [3.8, 4) is 0 Å². The summed E-state index contributed by atoms with van der Waals surface area (Å²) in [6.07, 6.45) is 1.67. The molecule has 1 aromatic rings. The first-order chi connectivity index (χ1) is 7.37. The van der Waals surface area contributed by atoms with Crippen molar-refractivity contribution in [3.05, 3.63) is 17.8 Å². The van der Waals surface area contributed by atoms with Crippen molar-refractivity contribution in [1.82, 2.24) is 15.5 Å². The highest BCUT2D eigenvalue weighted by molar-refractivity contribution is 5.80. The number of carbonyl (C=O) groups excluding carboxylic acids is 1. The van der Waals surface area contributed by atoms with Crippen molar-refractivity contribution in [2.75, 3.05) is 11.9 Å². The van der Waals surface area contributed by atoms with Gasteiger partial charge in [0.1, 0.15) is 5.82 Å². The molecule has 0 atom stereocenters. The summed E-state index contributed by atoms with van der Waals surface area (Å²) in [5.41, 5.74) is 0.797. The molecule has 1 rings (SSSR count). The number of hydrogen-bond acceptors (Lipinski definition) is 4. The van der Waals surface area contributed by atoms with Crippen LogP contribution in [0.3, 0.4) is 0 Å². The van der Waals surface area contributed by atoms with Crippen LogP contribution in [0.5, 0.6) is 0 Å². The van der Waals surface area contributed by atoms with Gasteiger partial charge < -0.3 is 10.6 Å². The van der Waals surface area contributed by atoms with Crippen LogP contribution in [0.2, 0.25) is 0 Å². The van der Waals surface area contributed by atoms with E-state index in [9.17, 15) is 4.79 Å². The van der Waals surface area contributed by atoms with Crippen LogP contribution in [0.15, 0.2) is 12.3 Å². The molecular weight excluding hydrogens is 204 g/mol. The number of nitrogens with one attached hydrogen (secondary N) is 2. The Balaban J connectivity index is 2.43. The summed E-state index contributed by atoms with van der Waals surface area (Å²) in [7, 11) is 0. The molecule has 0 aliphatic heterocycles. The van der Waals surface area contributed by atoms with Gasteiger partial charge in [-0.15, -0.1) is 5.10 Å². The molecule has 5 nitrogen and oxygen atoms in total. The van der Waals surface area contributed by atoms with Gasteiger partial charge >= 0.3 is 0 Å². The Morgan fingerprint density at radius 2 is 2.12 bits per heavy atom. The second kappa shape index (κ2) is 4.92. The molecule has 0 radical (unpaired) electrons. The van der Waals surface area contributed by atoms with Crippen LogP contribution in [-0.2, 0) is 4.79 Å². The predicted molar refractivity (Wildman–Crippen MR) is 63.2 cm³/mol. The smallest absolute Gasteiger partial charge is 0.239 e. The quantitative estimate of drug-likeness (QED) is 0.804. The monoisotopic (exact) mass is 222 g/mol. The fraction of sp³-hybridized carbons (Fsp3) is 0.545. The maximum absolute atomic E-state index is 11.5. The lowest BCUT2D eigenvalue weighted by Crippen LogP contribution is -2.43. The maximum atomic E-state index is 11.5. The summed E-state index contributed by atoms with van der Waals surface area (Å²) in [5.74, 6) is 0.555. The number of carbonyl (C=O) groups is 1. The molecule has 88 valence electrons. The van der Waals surface area contributed by atoms with E-state index in [-0.39, 0.29) is 18.0 Å². The Kier molecular flexibility index (Phi) is 3.82. The molecule has 0 saturated heterocycles. The zero-order valence-corrected chi connectivity index (χ0v) is 10.2. The molecular formula is C11H18N4O. The molecule has 0 aliphatic carbocycles. The molecule has 5 heteroatoms. The minimum atomic E-state index is -0.211. The van der Waals surface area contributed by atoms with Gasteiger partial charge in [0.2, 0.25) is 5.91 Å². The lowest BCUT2D eigenvalue weighted by molar-refractivity contribution is -0.120. The van der Waals surface area contributed by atoms with Crippen LogP contribution >= 0.6 is 0 Å². The van der Waals surface area contributed by atoms with Gasteiger partial charge in [0.25, 0.3) is 0 Å². The number of aryl methyl sites for hydroxylation is 1. The van der Waals surface area contributed by atoms with E-state index in [1.165, 1.54) is 0 Å². The van der Waals surface area contributed by atoms with Crippen molar-refractivity contribution < 1.29 is 4.79 Å². The van der Waals surface area contributed by atoms with Gasteiger partial charge in [0.05, 0.1) is 12.7 Å². The first-order valence-corrected chi connectivity index (χ1v) is 5.21. The first-order valence-electron chi connectivity index (χ1n) is 5.21.